The number of anilines is 2. The lowest BCUT2D eigenvalue weighted by atomic mass is 10.1. The normalized spacial score (nSPS) is 15.6. The first-order valence-electron chi connectivity index (χ1n) is 9.80. The van der Waals surface area contributed by atoms with Crippen molar-refractivity contribution in [3.05, 3.63) is 45.3 Å². The Morgan fingerprint density at radius 3 is 2.50 bits per heavy atom. The Kier molecular flexibility index (Phi) is 6.83. The molecule has 1 aliphatic heterocycles. The Labute approximate surface area is 189 Å². The molecule has 10 heteroatoms. The van der Waals surface area contributed by atoms with Crippen molar-refractivity contribution in [3.8, 4) is 0 Å². The van der Waals surface area contributed by atoms with Crippen LogP contribution in [-0.2, 0) is 30.4 Å². The van der Waals surface area contributed by atoms with Crippen LogP contribution in [0.4, 0.5) is 10.7 Å². The zero-order chi connectivity index (χ0) is 23.6. The number of carbonyl (C=O) groups is 4. The predicted octanol–water partition coefficient (Wildman–Crippen LogP) is 2.62. The average Bonchev–Trinajstić information content (AvgIpc) is 3.32. The van der Waals surface area contributed by atoms with Gasteiger partial charge in [0.25, 0.3) is 0 Å². The van der Waals surface area contributed by atoms with E-state index in [9.17, 15) is 19.2 Å². The number of hydrogen-bond donors (Lipinski definition) is 1. The number of aryl methyl sites for hydroxylation is 1. The van der Waals surface area contributed by atoms with E-state index in [0.29, 0.717) is 0 Å². The standard InChI is InChI=1S/C22H24N2O7S/c1-11-6-5-7-15(12(11)2)24-9-13(8-16(24)25)20(26)31-10-14-17(21(27)29-3)19(23)32-18(14)22(28)30-4/h5-7,13H,8-10,23H2,1-4H3/t13-/m1/s1. The first-order valence-corrected chi connectivity index (χ1v) is 10.6. The molecule has 1 saturated heterocycles. The van der Waals surface area contributed by atoms with Gasteiger partial charge in [0.2, 0.25) is 5.91 Å². The molecule has 2 heterocycles. The van der Waals surface area contributed by atoms with Crippen LogP contribution in [0.25, 0.3) is 0 Å². The number of carbonyl (C=O) groups excluding carboxylic acids is 4. The number of thiophene rings is 1. The zero-order valence-corrected chi connectivity index (χ0v) is 19.0. The fourth-order valence-corrected chi connectivity index (χ4v) is 4.57. The molecule has 2 N–H and O–H groups in total. The van der Waals surface area contributed by atoms with Crippen LogP contribution in [0.3, 0.4) is 0 Å². The molecule has 32 heavy (non-hydrogen) atoms. The van der Waals surface area contributed by atoms with Crippen LogP contribution in [-0.4, -0.2) is 44.6 Å². The van der Waals surface area contributed by atoms with E-state index in [4.69, 9.17) is 19.9 Å². The van der Waals surface area contributed by atoms with Gasteiger partial charge in [0.05, 0.1) is 20.1 Å². The number of hydrogen-bond acceptors (Lipinski definition) is 9. The number of methoxy groups -OCH3 is 2. The Hall–Kier alpha value is -3.40. The fourth-order valence-electron chi connectivity index (χ4n) is 3.59. The minimum absolute atomic E-state index is 0.00566. The Bertz CT molecular complexity index is 1090. The van der Waals surface area contributed by atoms with E-state index < -0.39 is 23.8 Å². The van der Waals surface area contributed by atoms with Crippen molar-refractivity contribution >= 4 is 45.8 Å². The van der Waals surface area contributed by atoms with Crippen LogP contribution in [0.15, 0.2) is 18.2 Å². The molecule has 1 aromatic carbocycles. The maximum absolute atomic E-state index is 12.7. The maximum Gasteiger partial charge on any atom is 0.348 e. The van der Waals surface area contributed by atoms with Gasteiger partial charge >= 0.3 is 17.9 Å². The summed E-state index contributed by atoms with van der Waals surface area (Å²) >= 11 is 0.851. The van der Waals surface area contributed by atoms with Gasteiger partial charge in [0, 0.05) is 24.2 Å². The number of esters is 3. The molecule has 0 bridgehead atoms. The lowest BCUT2D eigenvalue weighted by molar-refractivity contribution is -0.149. The molecule has 170 valence electrons. The van der Waals surface area contributed by atoms with E-state index >= 15 is 0 Å². The van der Waals surface area contributed by atoms with Gasteiger partial charge in [-0.1, -0.05) is 12.1 Å². The largest absolute Gasteiger partial charge is 0.465 e. The number of nitrogen functional groups attached to an aromatic ring is 1. The minimum Gasteiger partial charge on any atom is -0.465 e. The van der Waals surface area contributed by atoms with Crippen LogP contribution in [0, 0.1) is 19.8 Å². The summed E-state index contributed by atoms with van der Waals surface area (Å²) < 4.78 is 14.9. The molecule has 1 atom stereocenters. The molecule has 3 rings (SSSR count). The summed E-state index contributed by atoms with van der Waals surface area (Å²) in [5.41, 5.74) is 8.74. The van der Waals surface area contributed by atoms with Gasteiger partial charge in [-0.2, -0.15) is 0 Å². The summed E-state index contributed by atoms with van der Waals surface area (Å²) in [7, 11) is 2.37. The van der Waals surface area contributed by atoms with Gasteiger partial charge in [0.1, 0.15) is 22.0 Å². The Morgan fingerprint density at radius 2 is 1.84 bits per heavy atom. The highest BCUT2D eigenvalue weighted by Crippen LogP contribution is 2.34. The van der Waals surface area contributed by atoms with Crippen molar-refractivity contribution in [1.82, 2.24) is 0 Å². The molecule has 1 aromatic heterocycles. The quantitative estimate of drug-likeness (QED) is 0.515. The average molecular weight is 461 g/mol. The van der Waals surface area contributed by atoms with Crippen LogP contribution in [0.1, 0.15) is 43.1 Å². The third-order valence-electron chi connectivity index (χ3n) is 5.48. The van der Waals surface area contributed by atoms with Crippen LogP contribution in [0.5, 0.6) is 0 Å². The van der Waals surface area contributed by atoms with Gasteiger partial charge in [-0.25, -0.2) is 9.59 Å². The summed E-state index contributed by atoms with van der Waals surface area (Å²) in [5, 5.41) is 0.0560. The molecule has 0 spiro atoms. The lowest BCUT2D eigenvalue weighted by Crippen LogP contribution is -2.27. The third-order valence-corrected chi connectivity index (χ3v) is 6.52. The topological polar surface area (TPSA) is 125 Å². The second-order valence-corrected chi connectivity index (χ2v) is 8.42. The predicted molar refractivity (Wildman–Crippen MR) is 118 cm³/mol. The van der Waals surface area contributed by atoms with Crippen molar-refractivity contribution in [2.24, 2.45) is 5.92 Å². The Morgan fingerprint density at radius 1 is 1.16 bits per heavy atom. The maximum atomic E-state index is 12.7. The highest BCUT2D eigenvalue weighted by Gasteiger charge is 2.37. The second kappa shape index (κ2) is 9.39. The highest BCUT2D eigenvalue weighted by molar-refractivity contribution is 7.18. The second-order valence-electron chi connectivity index (χ2n) is 7.36. The molecule has 0 radical (unpaired) electrons. The van der Waals surface area contributed by atoms with Crippen molar-refractivity contribution in [1.29, 1.82) is 0 Å². The first kappa shape index (κ1) is 23.3. The molecule has 0 aliphatic carbocycles. The SMILES string of the molecule is COC(=O)c1sc(N)c(C(=O)OC)c1COC(=O)[C@@H]1CC(=O)N(c2cccc(C)c2C)C1. The van der Waals surface area contributed by atoms with Crippen molar-refractivity contribution < 1.29 is 33.4 Å². The highest BCUT2D eigenvalue weighted by atomic mass is 32.1. The number of benzene rings is 1. The van der Waals surface area contributed by atoms with Gasteiger partial charge in [-0.05, 0) is 31.0 Å². The van der Waals surface area contributed by atoms with Crippen LogP contribution in [0.2, 0.25) is 0 Å². The molecule has 1 fully saturated rings. The van der Waals surface area contributed by atoms with Crippen molar-refractivity contribution in [2.75, 3.05) is 31.4 Å². The summed E-state index contributed by atoms with van der Waals surface area (Å²) in [6, 6.07) is 5.66. The van der Waals surface area contributed by atoms with Crippen LogP contribution >= 0.6 is 11.3 Å². The molecule has 2 aromatic rings. The van der Waals surface area contributed by atoms with Gasteiger partial charge in [-0.3, -0.25) is 9.59 Å². The first-order chi connectivity index (χ1) is 15.2. The number of amides is 1. The van der Waals surface area contributed by atoms with E-state index in [1.165, 1.54) is 14.2 Å². The molecule has 0 saturated carbocycles. The Balaban J connectivity index is 1.78. The van der Waals surface area contributed by atoms with Gasteiger partial charge < -0.3 is 24.8 Å². The molecule has 9 nitrogen and oxygen atoms in total. The third kappa shape index (κ3) is 4.31. The van der Waals surface area contributed by atoms with E-state index in [0.717, 1.165) is 28.2 Å². The van der Waals surface area contributed by atoms with Crippen LogP contribution < -0.4 is 10.6 Å². The number of nitrogens with zero attached hydrogens (tertiary/aromatic N) is 1. The summed E-state index contributed by atoms with van der Waals surface area (Å²) in [6.07, 6.45) is 0.00566. The zero-order valence-electron chi connectivity index (χ0n) is 18.2. The summed E-state index contributed by atoms with van der Waals surface area (Å²) in [4.78, 5) is 51.2. The van der Waals surface area contributed by atoms with E-state index in [1.807, 2.05) is 32.0 Å². The molecule has 1 amide bonds. The summed E-state index contributed by atoms with van der Waals surface area (Å²) in [6.45, 7) is 3.68. The number of rotatable bonds is 6. The van der Waals surface area contributed by atoms with Gasteiger partial charge in [-0.15, -0.1) is 11.3 Å². The number of ether oxygens (including phenoxy) is 3. The lowest BCUT2D eigenvalue weighted by Gasteiger charge is -2.20. The van der Waals surface area contributed by atoms with E-state index in [2.05, 4.69) is 0 Å². The number of nitrogens with two attached hydrogens (primary N) is 1. The van der Waals surface area contributed by atoms with Crippen molar-refractivity contribution in [3.63, 3.8) is 0 Å². The van der Waals surface area contributed by atoms with E-state index in [1.54, 1.807) is 4.90 Å². The minimum atomic E-state index is -0.753. The van der Waals surface area contributed by atoms with E-state index in [-0.39, 0.29) is 46.5 Å². The van der Waals surface area contributed by atoms with Crippen molar-refractivity contribution in [2.45, 2.75) is 26.9 Å². The fraction of sp³-hybridized carbons (Fsp3) is 0.364. The molecule has 1 aliphatic rings. The summed E-state index contributed by atoms with van der Waals surface area (Å²) in [5.74, 6) is -2.92. The smallest absolute Gasteiger partial charge is 0.348 e. The molecule has 0 unspecified atom stereocenters. The monoisotopic (exact) mass is 460 g/mol. The molecular formula is C22H24N2O7S. The van der Waals surface area contributed by atoms with Gasteiger partial charge in [0.15, 0.2) is 0 Å². The molecular weight excluding hydrogens is 436 g/mol.